The molecule has 2 aliphatic rings. The number of nitrogens with one attached hydrogen (secondary N) is 1. The number of pyridine rings is 1. The van der Waals surface area contributed by atoms with Crippen molar-refractivity contribution in [1.82, 2.24) is 25.0 Å². The lowest BCUT2D eigenvalue weighted by Gasteiger charge is -2.42. The molecule has 2 fully saturated rings. The number of likely N-dealkylation sites (N-methyl/N-ethyl adjacent to an activating group) is 1. The Hall–Kier alpha value is -1.50. The lowest BCUT2D eigenvalue weighted by molar-refractivity contribution is -0.127. The van der Waals surface area contributed by atoms with Gasteiger partial charge in [-0.15, -0.1) is 0 Å². The third-order valence-corrected chi connectivity index (χ3v) is 5.88. The Labute approximate surface area is 163 Å². The van der Waals surface area contributed by atoms with Gasteiger partial charge in [0.05, 0.1) is 5.92 Å². The van der Waals surface area contributed by atoms with Crippen LogP contribution in [0.15, 0.2) is 24.5 Å². The summed E-state index contributed by atoms with van der Waals surface area (Å²) in [6, 6.07) is 4.80. The number of carbonyl (C=O) groups excluding carboxylic acids is 1. The molecule has 3 rings (SSSR count). The molecular weight excluding hydrogens is 338 g/mol. The highest BCUT2D eigenvalue weighted by molar-refractivity contribution is 5.78. The molecule has 0 bridgehead atoms. The minimum absolute atomic E-state index is 0.161. The Morgan fingerprint density at radius 2 is 2.07 bits per heavy atom. The number of aromatic nitrogens is 1. The fraction of sp³-hybridized carbons (Fsp3) is 0.714. The molecule has 1 amide bonds. The molecule has 1 unspecified atom stereocenters. The minimum Gasteiger partial charge on any atom is -0.355 e. The maximum atomic E-state index is 12.5. The second kappa shape index (κ2) is 10.2. The summed E-state index contributed by atoms with van der Waals surface area (Å²) in [5, 5.41) is 3.12. The number of likely N-dealkylation sites (tertiary alicyclic amines) is 2. The molecule has 6 heteroatoms. The minimum atomic E-state index is 0.161. The van der Waals surface area contributed by atoms with Crippen LogP contribution in [-0.4, -0.2) is 85.0 Å². The Morgan fingerprint density at radius 1 is 1.26 bits per heavy atom. The van der Waals surface area contributed by atoms with E-state index in [4.69, 9.17) is 0 Å². The predicted molar refractivity (Wildman–Crippen MR) is 108 cm³/mol. The Bertz CT molecular complexity index is 571. The van der Waals surface area contributed by atoms with Gasteiger partial charge in [0.25, 0.3) is 0 Å². The molecule has 0 aliphatic carbocycles. The summed E-state index contributed by atoms with van der Waals surface area (Å²) >= 11 is 0. The number of hydrogen-bond acceptors (Lipinski definition) is 5. The SMILES string of the molecule is CN(C)CCNC(=O)C1CCCN(C2CCN(Cc3cccnc3)CC2)C1. The molecular formula is C21H35N5O. The molecule has 0 spiro atoms. The van der Waals surface area contributed by atoms with E-state index in [9.17, 15) is 4.79 Å². The predicted octanol–water partition coefficient (Wildman–Crippen LogP) is 1.44. The number of amides is 1. The first kappa shape index (κ1) is 20.2. The monoisotopic (exact) mass is 373 g/mol. The van der Waals surface area contributed by atoms with Gasteiger partial charge >= 0.3 is 0 Å². The van der Waals surface area contributed by atoms with Crippen molar-refractivity contribution in [3.63, 3.8) is 0 Å². The third kappa shape index (κ3) is 6.26. The second-order valence-corrected chi connectivity index (χ2v) is 8.30. The van der Waals surface area contributed by atoms with E-state index in [0.29, 0.717) is 6.04 Å². The molecule has 3 heterocycles. The van der Waals surface area contributed by atoms with Gasteiger partial charge in [-0.2, -0.15) is 0 Å². The summed E-state index contributed by atoms with van der Waals surface area (Å²) < 4.78 is 0. The quantitative estimate of drug-likeness (QED) is 0.784. The van der Waals surface area contributed by atoms with Crippen LogP contribution in [0, 0.1) is 5.92 Å². The highest BCUT2D eigenvalue weighted by Gasteiger charge is 2.31. The number of piperidine rings is 2. The fourth-order valence-corrected chi connectivity index (χ4v) is 4.29. The van der Waals surface area contributed by atoms with E-state index in [1.807, 2.05) is 32.6 Å². The van der Waals surface area contributed by atoms with Gasteiger partial charge in [-0.3, -0.25) is 19.6 Å². The fourth-order valence-electron chi connectivity index (χ4n) is 4.29. The average molecular weight is 374 g/mol. The van der Waals surface area contributed by atoms with Crippen molar-refractivity contribution in [2.75, 3.05) is 53.4 Å². The van der Waals surface area contributed by atoms with E-state index in [1.165, 1.54) is 18.4 Å². The van der Waals surface area contributed by atoms with Crippen LogP contribution in [0.4, 0.5) is 0 Å². The molecule has 1 atom stereocenters. The highest BCUT2D eigenvalue weighted by atomic mass is 16.1. The molecule has 1 N–H and O–H groups in total. The Balaban J connectivity index is 1.42. The molecule has 150 valence electrons. The Morgan fingerprint density at radius 3 is 2.78 bits per heavy atom. The van der Waals surface area contributed by atoms with Crippen LogP contribution in [0.2, 0.25) is 0 Å². The van der Waals surface area contributed by atoms with Gasteiger partial charge < -0.3 is 10.2 Å². The number of rotatable bonds is 7. The summed E-state index contributed by atoms with van der Waals surface area (Å²) in [5.41, 5.74) is 1.29. The summed E-state index contributed by atoms with van der Waals surface area (Å²) in [6.07, 6.45) is 8.38. The summed E-state index contributed by atoms with van der Waals surface area (Å²) in [4.78, 5) is 23.9. The molecule has 6 nitrogen and oxygen atoms in total. The molecule has 2 saturated heterocycles. The molecule has 1 aromatic rings. The number of nitrogens with zero attached hydrogens (tertiary/aromatic N) is 4. The Kier molecular flexibility index (Phi) is 7.61. The first-order chi connectivity index (χ1) is 13.1. The van der Waals surface area contributed by atoms with Crippen molar-refractivity contribution in [2.24, 2.45) is 5.92 Å². The first-order valence-electron chi connectivity index (χ1n) is 10.4. The molecule has 0 saturated carbocycles. The van der Waals surface area contributed by atoms with Crippen LogP contribution >= 0.6 is 0 Å². The van der Waals surface area contributed by atoms with Gasteiger partial charge in [-0.05, 0) is 71.0 Å². The van der Waals surface area contributed by atoms with Crippen LogP contribution in [0.3, 0.4) is 0 Å². The van der Waals surface area contributed by atoms with Gasteiger partial charge in [0, 0.05) is 44.6 Å². The normalized spacial score (nSPS) is 22.9. The van der Waals surface area contributed by atoms with E-state index in [-0.39, 0.29) is 11.8 Å². The van der Waals surface area contributed by atoms with E-state index in [1.54, 1.807) is 0 Å². The number of hydrogen-bond donors (Lipinski definition) is 1. The molecule has 0 aromatic carbocycles. The zero-order valence-electron chi connectivity index (χ0n) is 16.9. The third-order valence-electron chi connectivity index (χ3n) is 5.88. The summed E-state index contributed by atoms with van der Waals surface area (Å²) in [6.45, 7) is 6.99. The summed E-state index contributed by atoms with van der Waals surface area (Å²) in [5.74, 6) is 0.407. The lowest BCUT2D eigenvalue weighted by Crippen LogP contribution is -2.51. The number of carbonyl (C=O) groups is 1. The maximum absolute atomic E-state index is 12.5. The largest absolute Gasteiger partial charge is 0.355 e. The average Bonchev–Trinajstić information content (AvgIpc) is 2.69. The smallest absolute Gasteiger partial charge is 0.224 e. The van der Waals surface area contributed by atoms with Crippen molar-refractivity contribution in [3.05, 3.63) is 30.1 Å². The highest BCUT2D eigenvalue weighted by Crippen LogP contribution is 2.24. The first-order valence-corrected chi connectivity index (χ1v) is 10.4. The van der Waals surface area contributed by atoms with Gasteiger partial charge in [0.15, 0.2) is 0 Å². The van der Waals surface area contributed by atoms with E-state index < -0.39 is 0 Å². The zero-order chi connectivity index (χ0) is 19.1. The van der Waals surface area contributed by atoms with E-state index >= 15 is 0 Å². The van der Waals surface area contributed by atoms with Gasteiger partial charge in [0.2, 0.25) is 5.91 Å². The van der Waals surface area contributed by atoms with Crippen LogP contribution < -0.4 is 5.32 Å². The van der Waals surface area contributed by atoms with Crippen molar-refractivity contribution >= 4 is 5.91 Å². The van der Waals surface area contributed by atoms with Crippen LogP contribution in [0.1, 0.15) is 31.2 Å². The molecule has 1 aromatic heterocycles. The maximum Gasteiger partial charge on any atom is 0.224 e. The lowest BCUT2D eigenvalue weighted by atomic mass is 9.93. The van der Waals surface area contributed by atoms with Gasteiger partial charge in [0.1, 0.15) is 0 Å². The molecule has 27 heavy (non-hydrogen) atoms. The standard InChI is InChI=1S/C21H35N5O/c1-24(2)14-10-23-21(27)19-6-4-11-26(17-19)20-7-12-25(13-8-20)16-18-5-3-9-22-15-18/h3,5,9,15,19-20H,4,6-8,10-14,16-17H2,1-2H3,(H,23,27). The van der Waals surface area contributed by atoms with E-state index in [0.717, 1.165) is 58.7 Å². The van der Waals surface area contributed by atoms with Crippen molar-refractivity contribution < 1.29 is 4.79 Å². The van der Waals surface area contributed by atoms with Crippen LogP contribution in [-0.2, 0) is 11.3 Å². The van der Waals surface area contributed by atoms with Crippen LogP contribution in [0.25, 0.3) is 0 Å². The van der Waals surface area contributed by atoms with Gasteiger partial charge in [-0.1, -0.05) is 6.07 Å². The second-order valence-electron chi connectivity index (χ2n) is 8.30. The topological polar surface area (TPSA) is 51.7 Å². The van der Waals surface area contributed by atoms with Crippen LogP contribution in [0.5, 0.6) is 0 Å². The van der Waals surface area contributed by atoms with Crippen molar-refractivity contribution in [2.45, 2.75) is 38.3 Å². The van der Waals surface area contributed by atoms with Crippen molar-refractivity contribution in [3.8, 4) is 0 Å². The molecule has 0 radical (unpaired) electrons. The van der Waals surface area contributed by atoms with E-state index in [2.05, 4.69) is 31.1 Å². The molecule has 2 aliphatic heterocycles. The van der Waals surface area contributed by atoms with Crippen molar-refractivity contribution in [1.29, 1.82) is 0 Å². The summed E-state index contributed by atoms with van der Waals surface area (Å²) in [7, 11) is 4.07. The van der Waals surface area contributed by atoms with Gasteiger partial charge in [-0.25, -0.2) is 0 Å². The zero-order valence-corrected chi connectivity index (χ0v) is 16.9.